The summed E-state index contributed by atoms with van der Waals surface area (Å²) in [5.74, 6) is 0.929. The molecule has 0 spiro atoms. The molecule has 1 aromatic carbocycles. The van der Waals surface area contributed by atoms with E-state index in [0.717, 1.165) is 5.75 Å². The number of rotatable bonds is 7. The number of amides is 2. The van der Waals surface area contributed by atoms with Gasteiger partial charge in [-0.25, -0.2) is 4.79 Å². The first-order valence-electron chi connectivity index (χ1n) is 9.85. The van der Waals surface area contributed by atoms with Gasteiger partial charge in [0.25, 0.3) is 0 Å². The maximum absolute atomic E-state index is 12.3. The molecule has 0 atom stereocenters. The monoisotopic (exact) mass is 388 g/mol. The molecular weight excluding hydrogens is 356 g/mol. The predicted molar refractivity (Wildman–Crippen MR) is 110 cm³/mol. The number of nitrogens with zero attached hydrogens (tertiary/aromatic N) is 2. The van der Waals surface area contributed by atoms with Gasteiger partial charge in [-0.15, -0.1) is 0 Å². The molecule has 1 fully saturated rings. The van der Waals surface area contributed by atoms with Crippen LogP contribution in [0.2, 0.25) is 0 Å². The lowest BCUT2D eigenvalue weighted by molar-refractivity contribution is -0.133. The Morgan fingerprint density at radius 1 is 1.07 bits per heavy atom. The molecule has 154 valence electrons. The van der Waals surface area contributed by atoms with E-state index in [1.165, 1.54) is 5.56 Å². The highest BCUT2D eigenvalue weighted by atomic mass is 16.6. The van der Waals surface area contributed by atoms with E-state index in [4.69, 9.17) is 9.47 Å². The Labute approximate surface area is 168 Å². The lowest BCUT2D eigenvalue weighted by Gasteiger charge is -2.34. The van der Waals surface area contributed by atoms with Crippen molar-refractivity contribution in [2.75, 3.05) is 39.4 Å². The van der Waals surface area contributed by atoms with E-state index in [1.54, 1.807) is 15.9 Å². The first-order chi connectivity index (χ1) is 13.3. The lowest BCUT2D eigenvalue weighted by atomic mass is 9.87. The van der Waals surface area contributed by atoms with E-state index in [-0.39, 0.29) is 24.0 Å². The van der Waals surface area contributed by atoms with E-state index in [2.05, 4.69) is 39.5 Å². The first-order valence-corrected chi connectivity index (χ1v) is 9.85. The smallest absolute Gasteiger partial charge is 0.410 e. The SMILES string of the molecule is C=CCOC(=O)N1CCN(C(=O)CCCOc2ccc(C(C)(C)C)cc2)CC1. The minimum absolute atomic E-state index is 0.103. The van der Waals surface area contributed by atoms with Crippen molar-refractivity contribution in [1.29, 1.82) is 0 Å². The molecule has 0 bridgehead atoms. The van der Waals surface area contributed by atoms with E-state index in [1.807, 2.05) is 12.1 Å². The third kappa shape index (κ3) is 6.59. The summed E-state index contributed by atoms with van der Waals surface area (Å²) in [6.45, 7) is 12.8. The Hall–Kier alpha value is -2.50. The number of hydrogen-bond donors (Lipinski definition) is 0. The summed E-state index contributed by atoms with van der Waals surface area (Å²) in [4.78, 5) is 27.6. The van der Waals surface area contributed by atoms with Crippen LogP contribution < -0.4 is 4.74 Å². The molecule has 1 heterocycles. The van der Waals surface area contributed by atoms with Crippen molar-refractivity contribution < 1.29 is 19.1 Å². The second kappa shape index (κ2) is 10.2. The number of carbonyl (C=O) groups is 2. The highest BCUT2D eigenvalue weighted by molar-refractivity contribution is 5.76. The van der Waals surface area contributed by atoms with Crippen LogP contribution in [0.25, 0.3) is 0 Å². The zero-order valence-electron chi connectivity index (χ0n) is 17.3. The van der Waals surface area contributed by atoms with Gasteiger partial charge in [-0.2, -0.15) is 0 Å². The van der Waals surface area contributed by atoms with Gasteiger partial charge in [0.05, 0.1) is 6.61 Å². The van der Waals surface area contributed by atoms with Crippen LogP contribution in [0.1, 0.15) is 39.2 Å². The van der Waals surface area contributed by atoms with Gasteiger partial charge in [0.15, 0.2) is 0 Å². The maximum Gasteiger partial charge on any atom is 0.410 e. The Morgan fingerprint density at radius 2 is 1.68 bits per heavy atom. The molecule has 0 N–H and O–H groups in total. The van der Waals surface area contributed by atoms with Crippen molar-refractivity contribution in [2.45, 2.75) is 39.0 Å². The number of benzene rings is 1. The van der Waals surface area contributed by atoms with E-state index in [0.29, 0.717) is 45.6 Å². The van der Waals surface area contributed by atoms with Gasteiger partial charge in [-0.05, 0) is 29.5 Å². The van der Waals surface area contributed by atoms with E-state index < -0.39 is 0 Å². The fraction of sp³-hybridized carbons (Fsp3) is 0.545. The van der Waals surface area contributed by atoms with E-state index in [9.17, 15) is 9.59 Å². The summed E-state index contributed by atoms with van der Waals surface area (Å²) >= 11 is 0. The van der Waals surface area contributed by atoms with Crippen LogP contribution in [0.15, 0.2) is 36.9 Å². The third-order valence-corrected chi connectivity index (χ3v) is 4.74. The molecule has 6 nitrogen and oxygen atoms in total. The summed E-state index contributed by atoms with van der Waals surface area (Å²) in [6.07, 6.45) is 2.30. The van der Waals surface area contributed by atoms with Gasteiger partial charge in [0.2, 0.25) is 5.91 Å². The third-order valence-electron chi connectivity index (χ3n) is 4.74. The Bertz CT molecular complexity index is 656. The van der Waals surface area contributed by atoms with Crippen LogP contribution in [-0.4, -0.2) is 61.2 Å². The summed E-state index contributed by atoms with van der Waals surface area (Å²) in [5.41, 5.74) is 1.39. The van der Waals surface area contributed by atoms with Crippen LogP contribution in [0.4, 0.5) is 4.79 Å². The zero-order chi connectivity index (χ0) is 20.6. The van der Waals surface area contributed by atoms with Crippen molar-refractivity contribution >= 4 is 12.0 Å². The van der Waals surface area contributed by atoms with Gasteiger partial charge < -0.3 is 19.3 Å². The van der Waals surface area contributed by atoms with Crippen molar-refractivity contribution in [2.24, 2.45) is 0 Å². The second-order valence-electron chi connectivity index (χ2n) is 7.96. The van der Waals surface area contributed by atoms with Crippen LogP contribution >= 0.6 is 0 Å². The van der Waals surface area contributed by atoms with Crippen LogP contribution in [0.5, 0.6) is 5.75 Å². The van der Waals surface area contributed by atoms with Gasteiger partial charge in [-0.1, -0.05) is 45.6 Å². The minimum Gasteiger partial charge on any atom is -0.494 e. The average molecular weight is 389 g/mol. The number of ether oxygens (including phenoxy) is 2. The fourth-order valence-electron chi connectivity index (χ4n) is 2.98. The average Bonchev–Trinajstić information content (AvgIpc) is 2.69. The number of carbonyl (C=O) groups excluding carboxylic acids is 2. The van der Waals surface area contributed by atoms with Crippen LogP contribution in [0, 0.1) is 0 Å². The van der Waals surface area contributed by atoms with Crippen molar-refractivity contribution in [1.82, 2.24) is 9.80 Å². The number of piperazine rings is 1. The molecule has 2 rings (SSSR count). The number of hydrogen-bond acceptors (Lipinski definition) is 4. The quantitative estimate of drug-likeness (QED) is 0.529. The first kappa shape index (κ1) is 21.8. The molecular formula is C22H32N2O4. The molecule has 0 aromatic heterocycles. The maximum atomic E-state index is 12.3. The topological polar surface area (TPSA) is 59.1 Å². The van der Waals surface area contributed by atoms with Crippen LogP contribution in [0.3, 0.4) is 0 Å². The van der Waals surface area contributed by atoms with Crippen molar-refractivity contribution in [3.05, 3.63) is 42.5 Å². The lowest BCUT2D eigenvalue weighted by Crippen LogP contribution is -2.50. The minimum atomic E-state index is -0.349. The molecule has 1 saturated heterocycles. The molecule has 1 aliphatic heterocycles. The molecule has 1 aliphatic rings. The summed E-state index contributed by atoms with van der Waals surface area (Å²) < 4.78 is 10.8. The Balaban J connectivity index is 1.65. The van der Waals surface area contributed by atoms with Gasteiger partial charge in [0.1, 0.15) is 12.4 Å². The van der Waals surface area contributed by atoms with Gasteiger partial charge >= 0.3 is 6.09 Å². The molecule has 2 amide bonds. The van der Waals surface area contributed by atoms with Crippen LogP contribution in [-0.2, 0) is 14.9 Å². The molecule has 1 aromatic rings. The highest BCUT2D eigenvalue weighted by Crippen LogP contribution is 2.24. The normalized spacial score (nSPS) is 14.5. The standard InChI is InChI=1S/C22H32N2O4/c1-5-16-28-21(26)24-14-12-23(13-15-24)20(25)7-6-17-27-19-10-8-18(9-11-19)22(2,3)4/h5,8-11H,1,6-7,12-17H2,2-4H3. The Kier molecular flexibility index (Phi) is 7.91. The molecule has 0 saturated carbocycles. The second-order valence-corrected chi connectivity index (χ2v) is 7.96. The van der Waals surface area contributed by atoms with E-state index >= 15 is 0 Å². The summed E-state index contributed by atoms with van der Waals surface area (Å²) in [7, 11) is 0. The van der Waals surface area contributed by atoms with Crippen molar-refractivity contribution in [3.63, 3.8) is 0 Å². The molecule has 0 aliphatic carbocycles. The van der Waals surface area contributed by atoms with Crippen molar-refractivity contribution in [3.8, 4) is 5.75 Å². The summed E-state index contributed by atoms with van der Waals surface area (Å²) in [5, 5.41) is 0. The highest BCUT2D eigenvalue weighted by Gasteiger charge is 2.24. The molecule has 28 heavy (non-hydrogen) atoms. The molecule has 6 heteroatoms. The fourth-order valence-corrected chi connectivity index (χ4v) is 2.98. The van der Waals surface area contributed by atoms with Gasteiger partial charge in [0, 0.05) is 32.6 Å². The predicted octanol–water partition coefficient (Wildman–Crippen LogP) is 3.61. The zero-order valence-corrected chi connectivity index (χ0v) is 17.3. The largest absolute Gasteiger partial charge is 0.494 e. The molecule has 0 radical (unpaired) electrons. The summed E-state index contributed by atoms with van der Waals surface area (Å²) in [6, 6.07) is 8.13. The molecule has 0 unspecified atom stereocenters. The van der Waals surface area contributed by atoms with Gasteiger partial charge in [-0.3, -0.25) is 4.79 Å². The Morgan fingerprint density at radius 3 is 2.25 bits per heavy atom.